The molecule has 0 bridgehead atoms. The van der Waals surface area contributed by atoms with Crippen molar-refractivity contribution < 1.29 is 19.1 Å². The number of hydrogen-bond acceptors (Lipinski definition) is 4. The second kappa shape index (κ2) is 15.0. The van der Waals surface area contributed by atoms with E-state index in [1.165, 1.54) is 0 Å². The fourth-order valence-electron chi connectivity index (χ4n) is 4.59. The van der Waals surface area contributed by atoms with E-state index in [1.807, 2.05) is 101 Å². The number of hydrogen-bond donors (Lipinski definition) is 1. The Kier molecular flexibility index (Phi) is 11.4. The number of amides is 2. The maximum atomic E-state index is 13.9. The van der Waals surface area contributed by atoms with Gasteiger partial charge in [0.1, 0.15) is 6.04 Å². The molecule has 0 radical (unpaired) electrons. The number of carbonyl (C=O) groups is 2. The second-order valence-electron chi connectivity index (χ2n) is 10.0. The largest absolute Gasteiger partial charge is 0.490 e. The summed E-state index contributed by atoms with van der Waals surface area (Å²) in [6.45, 7) is 11.2. The first-order valence-electron chi connectivity index (χ1n) is 13.9. The van der Waals surface area contributed by atoms with Crippen molar-refractivity contribution in [2.75, 3.05) is 13.2 Å². The van der Waals surface area contributed by atoms with Crippen molar-refractivity contribution in [2.45, 2.75) is 72.5 Å². The van der Waals surface area contributed by atoms with Gasteiger partial charge in [-0.25, -0.2) is 0 Å². The first-order valence-corrected chi connectivity index (χ1v) is 13.9. The summed E-state index contributed by atoms with van der Waals surface area (Å²) in [7, 11) is 0. The summed E-state index contributed by atoms with van der Waals surface area (Å²) < 4.78 is 11.5. The number of benzene rings is 3. The molecule has 6 nitrogen and oxygen atoms in total. The highest BCUT2D eigenvalue weighted by molar-refractivity contribution is 5.88. The van der Waals surface area contributed by atoms with Crippen LogP contribution >= 0.6 is 0 Å². The molecule has 3 aromatic carbocycles. The highest BCUT2D eigenvalue weighted by Gasteiger charge is 2.30. The average Bonchev–Trinajstić information content (AvgIpc) is 2.91. The minimum absolute atomic E-state index is 0.0347. The van der Waals surface area contributed by atoms with E-state index in [1.54, 1.807) is 4.90 Å². The number of ether oxygens (including phenoxy) is 2. The molecule has 3 aromatic rings. The van der Waals surface area contributed by atoms with Gasteiger partial charge in [-0.15, -0.1) is 0 Å². The van der Waals surface area contributed by atoms with Gasteiger partial charge in [-0.2, -0.15) is 0 Å². The summed E-state index contributed by atoms with van der Waals surface area (Å²) in [5.74, 6) is 1.17. The molecule has 1 atom stereocenters. The highest BCUT2D eigenvalue weighted by Crippen LogP contribution is 2.29. The second-order valence-corrected chi connectivity index (χ2v) is 10.0. The fourth-order valence-corrected chi connectivity index (χ4v) is 4.59. The van der Waals surface area contributed by atoms with Gasteiger partial charge in [0.2, 0.25) is 11.8 Å². The van der Waals surface area contributed by atoms with Crippen LogP contribution in [0, 0.1) is 6.92 Å². The van der Waals surface area contributed by atoms with Crippen molar-refractivity contribution in [3.63, 3.8) is 0 Å². The van der Waals surface area contributed by atoms with E-state index in [0.717, 1.165) is 22.3 Å². The molecule has 208 valence electrons. The molecule has 1 N–H and O–H groups in total. The molecule has 6 heteroatoms. The van der Waals surface area contributed by atoms with Gasteiger partial charge >= 0.3 is 0 Å². The van der Waals surface area contributed by atoms with Gasteiger partial charge in [-0.3, -0.25) is 9.59 Å². The van der Waals surface area contributed by atoms with E-state index in [0.29, 0.717) is 44.1 Å². The van der Waals surface area contributed by atoms with Gasteiger partial charge in [-0.1, -0.05) is 66.2 Å². The Bertz CT molecular complexity index is 1210. The van der Waals surface area contributed by atoms with E-state index in [-0.39, 0.29) is 24.3 Å². The van der Waals surface area contributed by atoms with E-state index < -0.39 is 6.04 Å². The van der Waals surface area contributed by atoms with Gasteiger partial charge in [-0.05, 0) is 69.9 Å². The van der Waals surface area contributed by atoms with Gasteiger partial charge in [0.15, 0.2) is 11.5 Å². The molecular weight excluding hydrogens is 488 g/mol. The Hall–Kier alpha value is -3.80. The van der Waals surface area contributed by atoms with E-state index in [9.17, 15) is 9.59 Å². The lowest BCUT2D eigenvalue weighted by atomic mass is 10.0. The molecule has 39 heavy (non-hydrogen) atoms. The predicted octanol–water partition coefficient (Wildman–Crippen LogP) is 5.89. The van der Waals surface area contributed by atoms with Crippen LogP contribution in [0.25, 0.3) is 0 Å². The molecule has 3 rings (SSSR count). The molecule has 1 unspecified atom stereocenters. The lowest BCUT2D eigenvalue weighted by Crippen LogP contribution is -2.51. The summed E-state index contributed by atoms with van der Waals surface area (Å²) in [4.78, 5) is 29.2. The van der Waals surface area contributed by atoms with Crippen LogP contribution in [0.3, 0.4) is 0 Å². The van der Waals surface area contributed by atoms with Gasteiger partial charge in [0.25, 0.3) is 0 Å². The number of nitrogens with zero attached hydrogens (tertiary/aromatic N) is 1. The van der Waals surface area contributed by atoms with Gasteiger partial charge in [0, 0.05) is 25.4 Å². The van der Waals surface area contributed by atoms with Crippen LogP contribution in [0.5, 0.6) is 11.5 Å². The molecule has 0 saturated heterocycles. The van der Waals surface area contributed by atoms with Crippen LogP contribution in [-0.2, 0) is 29.0 Å². The lowest BCUT2D eigenvalue weighted by molar-refractivity contribution is -0.141. The lowest BCUT2D eigenvalue weighted by Gasteiger charge is -2.32. The topological polar surface area (TPSA) is 67.9 Å². The summed E-state index contributed by atoms with van der Waals surface area (Å²) in [6.07, 6.45) is 1.24. The Morgan fingerprint density at radius 2 is 1.51 bits per heavy atom. The molecule has 0 aliphatic carbocycles. The average molecular weight is 531 g/mol. The van der Waals surface area contributed by atoms with Crippen LogP contribution in [0.1, 0.15) is 56.4 Å². The zero-order valence-electron chi connectivity index (χ0n) is 23.9. The van der Waals surface area contributed by atoms with E-state index in [2.05, 4.69) is 11.4 Å². The van der Waals surface area contributed by atoms with Crippen molar-refractivity contribution in [3.05, 3.63) is 95.1 Å². The van der Waals surface area contributed by atoms with E-state index >= 15 is 0 Å². The SMILES string of the molecule is CCOc1ccc(CCC(=O)N(Cc2cccc(C)c2)C(Cc2ccccc2)C(=O)NC(C)C)cc1OCC. The number of aryl methyl sites for hydroxylation is 2. The third-order valence-electron chi connectivity index (χ3n) is 6.37. The van der Waals surface area contributed by atoms with Crippen LogP contribution < -0.4 is 14.8 Å². The number of nitrogens with one attached hydrogen (secondary N) is 1. The number of carbonyl (C=O) groups excluding carboxylic acids is 2. The summed E-state index contributed by atoms with van der Waals surface area (Å²) in [5, 5.41) is 3.05. The third-order valence-corrected chi connectivity index (χ3v) is 6.37. The monoisotopic (exact) mass is 530 g/mol. The predicted molar refractivity (Wildman–Crippen MR) is 156 cm³/mol. The first kappa shape index (κ1) is 29.8. The van der Waals surface area contributed by atoms with Crippen molar-refractivity contribution in [3.8, 4) is 11.5 Å². The molecule has 0 aliphatic heterocycles. The molecule has 0 spiro atoms. The Morgan fingerprint density at radius 1 is 0.821 bits per heavy atom. The maximum absolute atomic E-state index is 13.9. The standard InChI is InChI=1S/C33H42N2O4/c1-6-38-30-18-16-27(22-31(30)39-7-2)17-19-32(36)35(23-28-15-11-12-25(5)20-28)29(33(37)34-24(3)4)21-26-13-9-8-10-14-26/h8-16,18,20,22,24,29H,6-7,17,19,21,23H2,1-5H3,(H,34,37). The van der Waals surface area contributed by atoms with Crippen LogP contribution in [0.2, 0.25) is 0 Å². The molecule has 0 aliphatic rings. The minimum atomic E-state index is -0.637. The smallest absolute Gasteiger partial charge is 0.243 e. The summed E-state index contributed by atoms with van der Waals surface area (Å²) >= 11 is 0. The van der Waals surface area contributed by atoms with Crippen LogP contribution in [0.15, 0.2) is 72.8 Å². The molecule has 0 heterocycles. The maximum Gasteiger partial charge on any atom is 0.243 e. The summed E-state index contributed by atoms with van der Waals surface area (Å²) in [5.41, 5.74) is 4.11. The van der Waals surface area contributed by atoms with E-state index in [4.69, 9.17) is 9.47 Å². The zero-order chi connectivity index (χ0) is 28.2. The molecule has 2 amide bonds. The van der Waals surface area contributed by atoms with Gasteiger partial charge in [0.05, 0.1) is 13.2 Å². The van der Waals surface area contributed by atoms with Crippen molar-refractivity contribution in [1.82, 2.24) is 10.2 Å². The third kappa shape index (κ3) is 9.17. The van der Waals surface area contributed by atoms with Crippen molar-refractivity contribution >= 4 is 11.8 Å². The molecule has 0 saturated carbocycles. The minimum Gasteiger partial charge on any atom is -0.490 e. The fraction of sp³-hybridized carbons (Fsp3) is 0.394. The van der Waals surface area contributed by atoms with Crippen molar-refractivity contribution in [1.29, 1.82) is 0 Å². The Morgan fingerprint density at radius 3 is 2.18 bits per heavy atom. The molecular formula is C33H42N2O4. The van der Waals surface area contributed by atoms with Crippen molar-refractivity contribution in [2.24, 2.45) is 0 Å². The molecule has 0 aromatic heterocycles. The quantitative estimate of drug-likeness (QED) is 0.282. The van der Waals surface area contributed by atoms with Crippen LogP contribution in [0.4, 0.5) is 0 Å². The molecule has 0 fully saturated rings. The first-order chi connectivity index (χ1) is 18.8. The van der Waals surface area contributed by atoms with Gasteiger partial charge < -0.3 is 19.7 Å². The summed E-state index contributed by atoms with van der Waals surface area (Å²) in [6, 6.07) is 23.1. The van der Waals surface area contributed by atoms with Crippen LogP contribution in [-0.4, -0.2) is 42.0 Å². The normalized spacial score (nSPS) is 11.6. The Labute approximate surface area is 233 Å². The highest BCUT2D eigenvalue weighted by atomic mass is 16.5. The Balaban J connectivity index is 1.90. The zero-order valence-corrected chi connectivity index (χ0v) is 23.9. The number of rotatable bonds is 14.